The first-order chi connectivity index (χ1) is 16.2. The maximum Gasteiger partial charge on any atom is 0.0620 e. The average molecular weight is 422 g/mol. The van der Waals surface area contributed by atoms with Gasteiger partial charge in [0.05, 0.1) is 16.6 Å². The van der Waals surface area contributed by atoms with E-state index in [1.807, 2.05) is 0 Å². The molecule has 0 saturated carbocycles. The molecule has 0 N–H and O–H groups in total. The van der Waals surface area contributed by atoms with Crippen molar-refractivity contribution in [3.05, 3.63) is 114 Å². The van der Waals surface area contributed by atoms with E-state index in [1.54, 1.807) is 0 Å². The van der Waals surface area contributed by atoms with Crippen molar-refractivity contribution < 1.29 is 0 Å². The summed E-state index contributed by atoms with van der Waals surface area (Å²) in [6, 6.07) is 37.7. The second kappa shape index (κ2) is 6.70. The third kappa shape index (κ3) is 2.42. The highest BCUT2D eigenvalue weighted by Crippen LogP contribution is 2.45. The van der Waals surface area contributed by atoms with Crippen LogP contribution in [-0.2, 0) is 0 Å². The molecule has 7 rings (SSSR count). The summed E-state index contributed by atoms with van der Waals surface area (Å²) < 4.78 is 2.48. The molecule has 5 aromatic carbocycles. The Kier molecular flexibility index (Phi) is 3.75. The van der Waals surface area contributed by atoms with E-state index in [9.17, 15) is 0 Å². The number of aryl methyl sites for hydroxylation is 2. The maximum absolute atomic E-state index is 2.48. The van der Waals surface area contributed by atoms with Crippen LogP contribution in [0.4, 0.5) is 0 Å². The molecule has 0 radical (unpaired) electrons. The fraction of sp³-hybridized carbons (Fsp3) is 0.0625. The van der Waals surface area contributed by atoms with Gasteiger partial charge in [0, 0.05) is 21.5 Å². The number of fused-ring (bicyclic) bond motifs is 6. The van der Waals surface area contributed by atoms with Crippen molar-refractivity contribution in [2.45, 2.75) is 13.8 Å². The summed E-state index contributed by atoms with van der Waals surface area (Å²) >= 11 is 0. The number of hydrogen-bond donors (Lipinski definition) is 0. The largest absolute Gasteiger partial charge is 0.308 e. The van der Waals surface area contributed by atoms with E-state index in [2.05, 4.69) is 121 Å². The van der Waals surface area contributed by atoms with E-state index in [0.29, 0.717) is 0 Å². The summed E-state index contributed by atoms with van der Waals surface area (Å²) in [4.78, 5) is 0. The van der Waals surface area contributed by atoms with Gasteiger partial charge in [0.2, 0.25) is 0 Å². The van der Waals surface area contributed by atoms with Crippen molar-refractivity contribution >= 4 is 38.1 Å². The highest BCUT2D eigenvalue weighted by molar-refractivity contribution is 6.28. The van der Waals surface area contributed by atoms with Gasteiger partial charge in [-0.1, -0.05) is 91.0 Å². The summed E-state index contributed by atoms with van der Waals surface area (Å²) in [6.07, 6.45) is 0. The Morgan fingerprint density at radius 3 is 1.33 bits per heavy atom. The van der Waals surface area contributed by atoms with Crippen LogP contribution in [0.3, 0.4) is 0 Å². The van der Waals surface area contributed by atoms with Gasteiger partial charge in [-0.25, -0.2) is 0 Å². The van der Waals surface area contributed by atoms with Gasteiger partial charge in [0.15, 0.2) is 0 Å². The minimum atomic E-state index is 1.28. The molecule has 0 bridgehead atoms. The van der Waals surface area contributed by atoms with Crippen LogP contribution in [0.25, 0.3) is 60.3 Å². The third-order valence-corrected chi connectivity index (χ3v) is 7.24. The zero-order chi connectivity index (χ0) is 22.1. The smallest absolute Gasteiger partial charge is 0.0620 e. The van der Waals surface area contributed by atoms with Gasteiger partial charge in [-0.05, 0) is 59.4 Å². The Labute approximate surface area is 192 Å². The van der Waals surface area contributed by atoms with Gasteiger partial charge in [-0.15, -0.1) is 0 Å². The van der Waals surface area contributed by atoms with E-state index >= 15 is 0 Å². The molecule has 0 aliphatic heterocycles. The number of nitrogens with zero attached hydrogens (tertiary/aromatic N) is 1. The van der Waals surface area contributed by atoms with E-state index in [1.165, 1.54) is 71.5 Å². The van der Waals surface area contributed by atoms with Crippen LogP contribution in [0.5, 0.6) is 0 Å². The lowest BCUT2D eigenvalue weighted by Crippen LogP contribution is -1.87. The molecule has 0 aliphatic carbocycles. The zero-order valence-electron chi connectivity index (χ0n) is 18.8. The van der Waals surface area contributed by atoms with E-state index in [-0.39, 0.29) is 0 Å². The molecular weight excluding hydrogens is 398 g/mol. The minimum Gasteiger partial charge on any atom is -0.308 e. The fourth-order valence-corrected chi connectivity index (χ4v) is 5.78. The van der Waals surface area contributed by atoms with Gasteiger partial charge in [-0.3, -0.25) is 0 Å². The van der Waals surface area contributed by atoms with Crippen LogP contribution in [0, 0.1) is 13.8 Å². The van der Waals surface area contributed by atoms with Gasteiger partial charge in [-0.2, -0.15) is 0 Å². The van der Waals surface area contributed by atoms with E-state index < -0.39 is 0 Å². The molecule has 0 amide bonds. The van der Waals surface area contributed by atoms with Gasteiger partial charge in [0.25, 0.3) is 0 Å². The molecule has 0 unspecified atom stereocenters. The number of rotatable bonds is 2. The van der Waals surface area contributed by atoms with Crippen LogP contribution in [0.1, 0.15) is 11.1 Å². The van der Waals surface area contributed by atoms with E-state index in [4.69, 9.17) is 0 Å². The van der Waals surface area contributed by atoms with Crippen LogP contribution in [0.2, 0.25) is 0 Å². The second-order valence-electron chi connectivity index (χ2n) is 9.07. The first-order valence-electron chi connectivity index (χ1n) is 11.6. The first kappa shape index (κ1) is 18.5. The summed E-state index contributed by atoms with van der Waals surface area (Å²) in [7, 11) is 0. The lowest BCUT2D eigenvalue weighted by molar-refractivity contribution is 1.37. The van der Waals surface area contributed by atoms with Crippen molar-refractivity contribution in [1.82, 2.24) is 4.40 Å². The van der Waals surface area contributed by atoms with Crippen molar-refractivity contribution in [1.29, 1.82) is 0 Å². The van der Waals surface area contributed by atoms with Crippen molar-refractivity contribution in [2.24, 2.45) is 0 Å². The Balaban J connectivity index is 1.69. The normalized spacial score (nSPS) is 11.9. The molecule has 7 aromatic rings. The fourth-order valence-electron chi connectivity index (χ4n) is 5.78. The van der Waals surface area contributed by atoms with Gasteiger partial charge in [0.1, 0.15) is 0 Å². The minimum absolute atomic E-state index is 1.28. The first-order valence-corrected chi connectivity index (χ1v) is 11.6. The van der Waals surface area contributed by atoms with Crippen molar-refractivity contribution in [3.63, 3.8) is 0 Å². The molecule has 1 nitrogen and oxygen atoms in total. The van der Waals surface area contributed by atoms with E-state index in [0.717, 1.165) is 0 Å². The summed E-state index contributed by atoms with van der Waals surface area (Å²) in [5.74, 6) is 0. The van der Waals surface area contributed by atoms with Crippen LogP contribution < -0.4 is 0 Å². The lowest BCUT2D eigenvalue weighted by atomic mass is 9.94. The monoisotopic (exact) mass is 421 g/mol. The Hall–Kier alpha value is -4.10. The molecule has 0 fully saturated rings. The third-order valence-electron chi connectivity index (χ3n) is 7.24. The zero-order valence-corrected chi connectivity index (χ0v) is 18.8. The van der Waals surface area contributed by atoms with Crippen molar-refractivity contribution in [2.75, 3.05) is 0 Å². The Bertz CT molecular complexity index is 1700. The molecule has 0 spiro atoms. The number of aromatic nitrogens is 1. The predicted octanol–water partition coefficient (Wildman–Crippen LogP) is 8.79. The molecule has 0 aliphatic rings. The lowest BCUT2D eigenvalue weighted by Gasteiger charge is -2.10. The maximum atomic E-state index is 2.48. The predicted molar refractivity (Wildman–Crippen MR) is 141 cm³/mol. The van der Waals surface area contributed by atoms with Crippen LogP contribution >= 0.6 is 0 Å². The summed E-state index contributed by atoms with van der Waals surface area (Å²) in [5, 5.41) is 5.34. The van der Waals surface area contributed by atoms with Gasteiger partial charge >= 0.3 is 0 Å². The van der Waals surface area contributed by atoms with Crippen molar-refractivity contribution in [3.8, 4) is 22.3 Å². The number of hydrogen-bond acceptors (Lipinski definition) is 0. The highest BCUT2D eigenvalue weighted by Gasteiger charge is 2.21. The highest BCUT2D eigenvalue weighted by atomic mass is 14.9. The average Bonchev–Trinajstić information content (AvgIpc) is 3.37. The topological polar surface area (TPSA) is 4.41 Å². The van der Waals surface area contributed by atoms with Crippen LogP contribution in [0.15, 0.2) is 103 Å². The Morgan fingerprint density at radius 2 is 0.848 bits per heavy atom. The quantitative estimate of drug-likeness (QED) is 0.263. The second-order valence-corrected chi connectivity index (χ2v) is 9.07. The molecule has 156 valence electrons. The standard InChI is InChI=1S/C32H23N/c1-20-10-3-5-12-22(20)24-14-8-18-28-30(24)26-16-7-17-27-31-25(23-13-6-4-11-21(23)2)15-9-19-29(31)33(28)32(26)27/h3-19H,1-2H3. The molecule has 0 atom stereocenters. The molecular formula is C32H23N. The molecule has 2 heterocycles. The SMILES string of the molecule is Cc1ccccc1-c1cccc2c1c1cccc3c4c(-c5ccccc5C)cccc4n2c13. The number of benzene rings is 5. The molecule has 33 heavy (non-hydrogen) atoms. The molecule has 0 saturated heterocycles. The summed E-state index contributed by atoms with van der Waals surface area (Å²) in [6.45, 7) is 4.41. The molecule has 1 heteroatoms. The van der Waals surface area contributed by atoms with Crippen LogP contribution in [-0.4, -0.2) is 4.40 Å². The van der Waals surface area contributed by atoms with Gasteiger partial charge < -0.3 is 4.40 Å². The number of para-hydroxylation sites is 1. The molecule has 2 aromatic heterocycles. The summed E-state index contributed by atoms with van der Waals surface area (Å²) in [5.41, 5.74) is 11.7. The Morgan fingerprint density at radius 1 is 0.424 bits per heavy atom.